The van der Waals surface area contributed by atoms with Crippen molar-refractivity contribution in [2.24, 2.45) is 0 Å². The van der Waals surface area contributed by atoms with Crippen LogP contribution in [-0.2, 0) is 4.79 Å². The number of nitrogens with one attached hydrogen (secondary N) is 2. The van der Waals surface area contributed by atoms with Gasteiger partial charge in [0.25, 0.3) is 0 Å². The summed E-state index contributed by atoms with van der Waals surface area (Å²) in [6, 6.07) is -0.704. The molecule has 1 aliphatic heterocycles. The van der Waals surface area contributed by atoms with Crippen molar-refractivity contribution >= 4 is 11.8 Å². The summed E-state index contributed by atoms with van der Waals surface area (Å²) >= 11 is 0. The molecule has 54 valence electrons. The van der Waals surface area contributed by atoms with Crippen LogP contribution in [0.3, 0.4) is 0 Å². The largest absolute Gasteiger partial charge is 0.336 e. The van der Waals surface area contributed by atoms with E-state index in [1.54, 1.807) is 0 Å². The van der Waals surface area contributed by atoms with Crippen LogP contribution in [0.4, 0.5) is 4.79 Å². The molecule has 1 rings (SSSR count). The molecule has 0 aromatic heterocycles. The Labute approximate surface area is 58.3 Å². The molecule has 0 radical (unpaired) electrons. The number of rotatable bonds is 2. The van der Waals surface area contributed by atoms with E-state index in [0.29, 0.717) is 6.54 Å². The Morgan fingerprint density at radius 1 is 1.80 bits per heavy atom. The van der Waals surface area contributed by atoms with E-state index < -0.39 is 6.04 Å². The summed E-state index contributed by atoms with van der Waals surface area (Å²) in [5, 5.41) is 4.90. The first-order valence-corrected chi connectivity index (χ1v) is 2.94. The fourth-order valence-corrected chi connectivity index (χ4v) is 0.769. The van der Waals surface area contributed by atoms with Gasteiger partial charge in [-0.15, -0.1) is 0 Å². The van der Waals surface area contributed by atoms with E-state index in [4.69, 9.17) is 0 Å². The minimum absolute atomic E-state index is 0.154. The van der Waals surface area contributed by atoms with Gasteiger partial charge in [0, 0.05) is 6.54 Å². The molecule has 4 heteroatoms. The van der Waals surface area contributed by atoms with E-state index in [1.807, 2.05) is 0 Å². The fraction of sp³-hybridized carbons (Fsp3) is 0.333. The highest BCUT2D eigenvalue weighted by Gasteiger charge is 2.23. The van der Waals surface area contributed by atoms with E-state index in [-0.39, 0.29) is 11.8 Å². The van der Waals surface area contributed by atoms with Gasteiger partial charge in [0.2, 0.25) is 0 Å². The lowest BCUT2D eigenvalue weighted by Crippen LogP contribution is -2.33. The molecule has 0 aromatic carbocycles. The van der Waals surface area contributed by atoms with E-state index >= 15 is 0 Å². The smallest absolute Gasteiger partial charge is 0.315 e. The average molecular weight is 140 g/mol. The second kappa shape index (κ2) is 2.51. The summed E-state index contributed by atoms with van der Waals surface area (Å²) in [6.45, 7) is 3.67. The summed E-state index contributed by atoms with van der Waals surface area (Å²) < 4.78 is 0. The lowest BCUT2D eigenvalue weighted by atomic mass is 10.2. The second-order valence-electron chi connectivity index (χ2n) is 2.01. The maximum Gasteiger partial charge on any atom is 0.315 e. The molecular weight excluding hydrogens is 132 g/mol. The van der Waals surface area contributed by atoms with Gasteiger partial charge in [0.1, 0.15) is 6.04 Å². The third-order valence-electron chi connectivity index (χ3n) is 1.32. The Balaban J connectivity index is 2.52. The summed E-state index contributed by atoms with van der Waals surface area (Å²) in [6.07, 6.45) is 1.21. The van der Waals surface area contributed by atoms with Crippen LogP contribution in [0.15, 0.2) is 12.7 Å². The maximum absolute atomic E-state index is 10.8. The molecule has 0 aliphatic carbocycles. The van der Waals surface area contributed by atoms with Crippen LogP contribution in [0.1, 0.15) is 0 Å². The Hall–Kier alpha value is -1.32. The van der Waals surface area contributed by atoms with Gasteiger partial charge in [-0.2, -0.15) is 0 Å². The molecule has 0 aromatic rings. The molecule has 10 heavy (non-hydrogen) atoms. The molecule has 1 saturated heterocycles. The van der Waals surface area contributed by atoms with Crippen molar-refractivity contribution in [1.82, 2.24) is 10.6 Å². The number of ketones is 1. The molecule has 1 aliphatic rings. The summed E-state index contributed by atoms with van der Waals surface area (Å²) in [5.74, 6) is -0.154. The zero-order chi connectivity index (χ0) is 7.56. The zero-order valence-electron chi connectivity index (χ0n) is 5.39. The predicted molar refractivity (Wildman–Crippen MR) is 35.5 cm³/mol. The van der Waals surface area contributed by atoms with Crippen molar-refractivity contribution < 1.29 is 9.59 Å². The first-order chi connectivity index (χ1) is 4.74. The van der Waals surface area contributed by atoms with Gasteiger partial charge >= 0.3 is 6.03 Å². The van der Waals surface area contributed by atoms with Crippen LogP contribution in [0.2, 0.25) is 0 Å². The number of carbonyl (C=O) groups excluding carboxylic acids is 2. The van der Waals surface area contributed by atoms with E-state index in [0.717, 1.165) is 0 Å². The highest BCUT2D eigenvalue weighted by molar-refractivity contribution is 5.98. The number of carbonyl (C=O) groups is 2. The predicted octanol–water partition coefficient (Wildman–Crippen LogP) is -0.577. The molecule has 0 saturated carbocycles. The Morgan fingerprint density at radius 2 is 2.50 bits per heavy atom. The van der Waals surface area contributed by atoms with E-state index in [1.165, 1.54) is 6.08 Å². The van der Waals surface area contributed by atoms with Crippen LogP contribution in [0, 0.1) is 0 Å². The molecule has 1 heterocycles. The van der Waals surface area contributed by atoms with Crippen LogP contribution in [-0.4, -0.2) is 24.4 Å². The van der Waals surface area contributed by atoms with Crippen molar-refractivity contribution in [2.75, 3.05) is 6.54 Å². The van der Waals surface area contributed by atoms with Gasteiger partial charge in [0.05, 0.1) is 0 Å². The van der Waals surface area contributed by atoms with Gasteiger partial charge in [-0.25, -0.2) is 4.79 Å². The Bertz CT molecular complexity index is 188. The summed E-state index contributed by atoms with van der Waals surface area (Å²) in [5.41, 5.74) is 0. The van der Waals surface area contributed by atoms with Crippen molar-refractivity contribution in [3.05, 3.63) is 12.7 Å². The average Bonchev–Trinajstić information content (AvgIpc) is 2.34. The summed E-state index contributed by atoms with van der Waals surface area (Å²) in [7, 11) is 0. The standard InChI is InChI=1S/C6H8N2O2/c1-2-5(9)4-3-7-6(10)8-4/h2,4H,1,3H2,(H2,7,8,10). The number of urea groups is 1. The Morgan fingerprint density at radius 3 is 2.90 bits per heavy atom. The third kappa shape index (κ3) is 1.15. The minimum atomic E-state index is -0.412. The van der Waals surface area contributed by atoms with Crippen LogP contribution in [0.5, 0.6) is 0 Å². The van der Waals surface area contributed by atoms with Crippen LogP contribution in [0.25, 0.3) is 0 Å². The number of amides is 2. The normalized spacial score (nSPS) is 23.2. The minimum Gasteiger partial charge on any atom is -0.336 e. The summed E-state index contributed by atoms with van der Waals surface area (Å²) in [4.78, 5) is 21.3. The molecule has 1 atom stereocenters. The maximum atomic E-state index is 10.8. The van der Waals surface area contributed by atoms with Gasteiger partial charge in [-0.3, -0.25) is 4.79 Å². The molecule has 0 bridgehead atoms. The highest BCUT2D eigenvalue weighted by Crippen LogP contribution is 1.92. The molecule has 1 fully saturated rings. The molecule has 2 N–H and O–H groups in total. The Kier molecular flexibility index (Phi) is 1.71. The highest BCUT2D eigenvalue weighted by atomic mass is 16.2. The zero-order valence-corrected chi connectivity index (χ0v) is 5.39. The quantitative estimate of drug-likeness (QED) is 0.504. The van der Waals surface area contributed by atoms with E-state index in [2.05, 4.69) is 17.2 Å². The van der Waals surface area contributed by atoms with Crippen molar-refractivity contribution in [2.45, 2.75) is 6.04 Å². The van der Waals surface area contributed by atoms with Crippen molar-refractivity contribution in [3.8, 4) is 0 Å². The first-order valence-electron chi connectivity index (χ1n) is 2.94. The monoisotopic (exact) mass is 140 g/mol. The van der Waals surface area contributed by atoms with Gasteiger partial charge in [-0.1, -0.05) is 6.58 Å². The van der Waals surface area contributed by atoms with Gasteiger partial charge in [-0.05, 0) is 6.08 Å². The SMILES string of the molecule is C=CC(=O)C1CNC(=O)N1. The number of hydrogen-bond donors (Lipinski definition) is 2. The van der Waals surface area contributed by atoms with E-state index in [9.17, 15) is 9.59 Å². The number of hydrogen-bond acceptors (Lipinski definition) is 2. The fourth-order valence-electron chi connectivity index (χ4n) is 0.769. The molecule has 4 nitrogen and oxygen atoms in total. The first kappa shape index (κ1) is 6.80. The molecule has 1 unspecified atom stereocenters. The van der Waals surface area contributed by atoms with Gasteiger partial charge in [0.15, 0.2) is 5.78 Å². The third-order valence-corrected chi connectivity index (χ3v) is 1.32. The molecule has 0 spiro atoms. The molecular formula is C6H8N2O2. The van der Waals surface area contributed by atoms with Crippen molar-refractivity contribution in [1.29, 1.82) is 0 Å². The second-order valence-corrected chi connectivity index (χ2v) is 2.01. The lowest BCUT2D eigenvalue weighted by Gasteiger charge is -2.00. The topological polar surface area (TPSA) is 58.2 Å². The van der Waals surface area contributed by atoms with Crippen molar-refractivity contribution in [3.63, 3.8) is 0 Å². The van der Waals surface area contributed by atoms with Crippen LogP contribution < -0.4 is 10.6 Å². The van der Waals surface area contributed by atoms with Crippen LogP contribution >= 0.6 is 0 Å². The molecule has 2 amide bonds. The van der Waals surface area contributed by atoms with Gasteiger partial charge < -0.3 is 10.6 Å². The lowest BCUT2D eigenvalue weighted by molar-refractivity contribution is -0.115.